The second kappa shape index (κ2) is 4.84. The summed E-state index contributed by atoms with van der Waals surface area (Å²) in [5.41, 5.74) is 2.99. The Balaban J connectivity index is 1.80. The van der Waals surface area contributed by atoms with Crippen molar-refractivity contribution in [1.29, 1.82) is 0 Å². The Hall–Kier alpha value is -1.88. The van der Waals surface area contributed by atoms with Gasteiger partial charge in [0.2, 0.25) is 0 Å². The number of methoxy groups -OCH3 is 1. The van der Waals surface area contributed by atoms with Crippen molar-refractivity contribution in [2.75, 3.05) is 7.11 Å². The minimum absolute atomic E-state index is 0.261. The highest BCUT2D eigenvalue weighted by Crippen LogP contribution is 2.32. The quantitative estimate of drug-likeness (QED) is 0.713. The third-order valence-electron chi connectivity index (χ3n) is 4.02. The zero-order valence-electron chi connectivity index (χ0n) is 11.7. The van der Waals surface area contributed by atoms with Gasteiger partial charge in [0, 0.05) is 22.3 Å². The molecule has 0 unspecified atom stereocenters. The molecular weight excluding hydrogens is 287 g/mol. The van der Waals surface area contributed by atoms with Crippen molar-refractivity contribution in [1.82, 2.24) is 9.38 Å². The zero-order valence-corrected chi connectivity index (χ0v) is 12.5. The maximum Gasteiger partial charge on any atom is 0.194 e. The number of thiazole rings is 1. The fourth-order valence-corrected chi connectivity index (χ4v) is 4.12. The van der Waals surface area contributed by atoms with Crippen LogP contribution in [0.2, 0.25) is 0 Å². The maximum absolute atomic E-state index is 13.8. The molecular formula is C16H15FN2OS. The van der Waals surface area contributed by atoms with Crippen molar-refractivity contribution < 1.29 is 9.13 Å². The lowest BCUT2D eigenvalue weighted by Crippen LogP contribution is -2.01. The molecule has 3 nitrogen and oxygen atoms in total. The van der Waals surface area contributed by atoms with Gasteiger partial charge in [0.1, 0.15) is 0 Å². The van der Waals surface area contributed by atoms with E-state index in [1.807, 2.05) is 12.3 Å². The normalized spacial score (nSPS) is 14.4. The molecule has 108 valence electrons. The van der Waals surface area contributed by atoms with Crippen LogP contribution in [0.4, 0.5) is 4.39 Å². The van der Waals surface area contributed by atoms with Crippen LogP contribution in [0.15, 0.2) is 24.4 Å². The molecule has 0 atom stereocenters. The van der Waals surface area contributed by atoms with Crippen LogP contribution >= 0.6 is 11.3 Å². The molecule has 0 amide bonds. The standard InChI is InChI=1S/C16H15FN2OS/c1-20-14-7-6-10(8-11(14)17)12-9-19-13-4-2-3-5-15(13)21-16(19)18-12/h6-9H,2-5H2,1H3. The van der Waals surface area contributed by atoms with Gasteiger partial charge in [-0.3, -0.25) is 4.40 Å². The average molecular weight is 302 g/mol. The van der Waals surface area contributed by atoms with Crippen LogP contribution in [0, 0.1) is 5.82 Å². The molecule has 1 aliphatic carbocycles. The van der Waals surface area contributed by atoms with E-state index in [1.54, 1.807) is 17.4 Å². The Labute approximate surface area is 126 Å². The van der Waals surface area contributed by atoms with Gasteiger partial charge in [-0.15, -0.1) is 11.3 Å². The molecule has 0 spiro atoms. The molecule has 2 aromatic heterocycles. The predicted octanol–water partition coefficient (Wildman–Crippen LogP) is 4.09. The summed E-state index contributed by atoms with van der Waals surface area (Å²) in [6.07, 6.45) is 6.81. The summed E-state index contributed by atoms with van der Waals surface area (Å²) >= 11 is 1.76. The minimum Gasteiger partial charge on any atom is -0.494 e. The number of imidazole rings is 1. The molecule has 0 radical (unpaired) electrons. The first-order valence-electron chi connectivity index (χ1n) is 7.10. The SMILES string of the molecule is COc1ccc(-c2cn3c4c(sc3n2)CCCC4)cc1F. The number of nitrogens with zero attached hydrogens (tertiary/aromatic N) is 2. The Bertz CT molecular complexity index is 821. The van der Waals surface area contributed by atoms with Crippen LogP contribution in [0.25, 0.3) is 16.2 Å². The number of aryl methyl sites for hydroxylation is 2. The molecule has 2 heterocycles. The van der Waals surface area contributed by atoms with E-state index in [0.717, 1.165) is 29.1 Å². The first-order valence-corrected chi connectivity index (χ1v) is 7.91. The lowest BCUT2D eigenvalue weighted by Gasteiger charge is -2.09. The van der Waals surface area contributed by atoms with Crippen molar-refractivity contribution in [2.45, 2.75) is 25.7 Å². The lowest BCUT2D eigenvalue weighted by atomic mass is 10.0. The average Bonchev–Trinajstić information content (AvgIpc) is 3.04. The molecule has 0 bridgehead atoms. The Morgan fingerprint density at radius 3 is 2.95 bits per heavy atom. The number of benzene rings is 1. The van der Waals surface area contributed by atoms with Gasteiger partial charge in [-0.2, -0.15) is 0 Å². The number of ether oxygens (including phenoxy) is 1. The van der Waals surface area contributed by atoms with Crippen LogP contribution < -0.4 is 4.74 Å². The second-order valence-corrected chi connectivity index (χ2v) is 6.37. The highest BCUT2D eigenvalue weighted by Gasteiger charge is 2.18. The van der Waals surface area contributed by atoms with Gasteiger partial charge in [0.15, 0.2) is 16.5 Å². The van der Waals surface area contributed by atoms with Crippen molar-refractivity contribution >= 4 is 16.3 Å². The van der Waals surface area contributed by atoms with Gasteiger partial charge in [-0.1, -0.05) is 0 Å². The van der Waals surface area contributed by atoms with Gasteiger partial charge in [-0.25, -0.2) is 9.37 Å². The molecule has 5 heteroatoms. The molecule has 0 saturated heterocycles. The van der Waals surface area contributed by atoms with Crippen LogP contribution in [0.1, 0.15) is 23.4 Å². The molecule has 21 heavy (non-hydrogen) atoms. The third-order valence-corrected chi connectivity index (χ3v) is 5.17. The Kier molecular flexibility index (Phi) is 2.96. The Morgan fingerprint density at radius 2 is 2.14 bits per heavy atom. The van der Waals surface area contributed by atoms with E-state index < -0.39 is 0 Å². The predicted molar refractivity (Wildman–Crippen MR) is 81.7 cm³/mol. The third kappa shape index (κ3) is 2.03. The van der Waals surface area contributed by atoms with E-state index in [1.165, 1.54) is 36.6 Å². The molecule has 0 saturated carbocycles. The number of halogens is 1. The molecule has 0 fully saturated rings. The van der Waals surface area contributed by atoms with Gasteiger partial charge < -0.3 is 4.74 Å². The van der Waals surface area contributed by atoms with Crippen molar-refractivity contribution in [2.24, 2.45) is 0 Å². The van der Waals surface area contributed by atoms with Crippen LogP contribution in [0.3, 0.4) is 0 Å². The summed E-state index contributed by atoms with van der Waals surface area (Å²) in [4.78, 5) is 7.12. The van der Waals surface area contributed by atoms with E-state index in [-0.39, 0.29) is 11.6 Å². The highest BCUT2D eigenvalue weighted by molar-refractivity contribution is 7.17. The number of fused-ring (bicyclic) bond motifs is 3. The number of rotatable bonds is 2. The van der Waals surface area contributed by atoms with E-state index in [2.05, 4.69) is 9.38 Å². The van der Waals surface area contributed by atoms with Gasteiger partial charge in [-0.05, 0) is 43.9 Å². The minimum atomic E-state index is -0.353. The topological polar surface area (TPSA) is 26.5 Å². The second-order valence-electron chi connectivity index (χ2n) is 5.31. The Morgan fingerprint density at radius 1 is 1.29 bits per heavy atom. The summed E-state index contributed by atoms with van der Waals surface area (Å²) in [6, 6.07) is 4.98. The van der Waals surface area contributed by atoms with Crippen molar-refractivity contribution in [3.05, 3.63) is 40.8 Å². The molecule has 0 aliphatic heterocycles. The van der Waals surface area contributed by atoms with E-state index in [4.69, 9.17) is 4.74 Å². The van der Waals surface area contributed by atoms with Gasteiger partial charge in [0.25, 0.3) is 0 Å². The van der Waals surface area contributed by atoms with Gasteiger partial charge >= 0.3 is 0 Å². The maximum atomic E-state index is 13.8. The fraction of sp³-hybridized carbons (Fsp3) is 0.312. The monoisotopic (exact) mass is 302 g/mol. The first kappa shape index (κ1) is 12.8. The summed E-state index contributed by atoms with van der Waals surface area (Å²) < 4.78 is 21.0. The van der Waals surface area contributed by atoms with E-state index >= 15 is 0 Å². The lowest BCUT2D eigenvalue weighted by molar-refractivity contribution is 0.386. The molecule has 1 aromatic carbocycles. The molecule has 1 aliphatic rings. The number of aromatic nitrogens is 2. The smallest absolute Gasteiger partial charge is 0.194 e. The highest BCUT2D eigenvalue weighted by atomic mass is 32.1. The van der Waals surface area contributed by atoms with Crippen LogP contribution in [-0.2, 0) is 12.8 Å². The molecule has 0 N–H and O–H groups in total. The van der Waals surface area contributed by atoms with Crippen LogP contribution in [0.5, 0.6) is 5.75 Å². The zero-order chi connectivity index (χ0) is 14.4. The molecule has 4 rings (SSSR count). The first-order chi connectivity index (χ1) is 10.3. The van der Waals surface area contributed by atoms with Crippen molar-refractivity contribution in [3.63, 3.8) is 0 Å². The fourth-order valence-electron chi connectivity index (χ4n) is 2.93. The number of hydrogen-bond acceptors (Lipinski definition) is 3. The number of hydrogen-bond donors (Lipinski definition) is 0. The van der Waals surface area contributed by atoms with E-state index in [0.29, 0.717) is 0 Å². The van der Waals surface area contributed by atoms with E-state index in [9.17, 15) is 4.39 Å². The summed E-state index contributed by atoms with van der Waals surface area (Å²) in [5.74, 6) is -0.0921. The summed E-state index contributed by atoms with van der Waals surface area (Å²) in [7, 11) is 1.47. The summed E-state index contributed by atoms with van der Waals surface area (Å²) in [5, 5.41) is 0. The molecule has 3 aromatic rings. The van der Waals surface area contributed by atoms with Gasteiger partial charge in [0.05, 0.1) is 12.8 Å². The van der Waals surface area contributed by atoms with Crippen LogP contribution in [-0.4, -0.2) is 16.5 Å². The van der Waals surface area contributed by atoms with Crippen molar-refractivity contribution in [3.8, 4) is 17.0 Å². The largest absolute Gasteiger partial charge is 0.494 e. The summed E-state index contributed by atoms with van der Waals surface area (Å²) in [6.45, 7) is 0.